The molecule has 1 aromatic heterocycles. The Hall–Kier alpha value is -3.28. The highest BCUT2D eigenvalue weighted by Crippen LogP contribution is 2.26. The van der Waals surface area contributed by atoms with Crippen LogP contribution in [-0.4, -0.2) is 35.4 Å². The lowest BCUT2D eigenvalue weighted by atomic mass is 10.1. The van der Waals surface area contributed by atoms with Crippen LogP contribution < -0.4 is 15.5 Å². The lowest BCUT2D eigenvalue weighted by molar-refractivity contribution is 0.250. The summed E-state index contributed by atoms with van der Waals surface area (Å²) in [6.45, 7) is 2.64. The van der Waals surface area contributed by atoms with Gasteiger partial charge in [0.05, 0.1) is 0 Å². The molecule has 2 amide bonds. The number of nitrogens with one attached hydrogen (secondary N) is 2. The number of para-hydroxylation sites is 1. The Balaban J connectivity index is 1.32. The van der Waals surface area contributed by atoms with E-state index < -0.39 is 0 Å². The van der Waals surface area contributed by atoms with Gasteiger partial charge in [-0.1, -0.05) is 48.5 Å². The molecule has 2 heterocycles. The van der Waals surface area contributed by atoms with E-state index in [2.05, 4.69) is 44.9 Å². The molecule has 2 N–H and O–H groups in total. The van der Waals surface area contributed by atoms with Crippen molar-refractivity contribution in [3.8, 4) is 11.1 Å². The second kappa shape index (κ2) is 8.17. The lowest BCUT2D eigenvalue weighted by Crippen LogP contribution is -2.34. The summed E-state index contributed by atoms with van der Waals surface area (Å²) in [4.78, 5) is 14.8. The van der Waals surface area contributed by atoms with Gasteiger partial charge in [-0.3, -0.25) is 10.00 Å². The fourth-order valence-corrected chi connectivity index (χ4v) is 3.67. The van der Waals surface area contributed by atoms with Crippen molar-refractivity contribution in [1.82, 2.24) is 15.1 Å². The number of urea groups is 1. The van der Waals surface area contributed by atoms with Crippen LogP contribution >= 0.6 is 0 Å². The third-order valence-electron chi connectivity index (χ3n) is 5.10. The summed E-state index contributed by atoms with van der Waals surface area (Å²) >= 11 is 0. The topological polar surface area (TPSA) is 62.2 Å². The SMILES string of the molecule is Cn1cc(-c2ccccc2)c(NC(=O)NC[C@@H]2CCN(c3ccccc3)C2)n1. The molecule has 2 aromatic carbocycles. The second-order valence-corrected chi connectivity index (χ2v) is 7.20. The van der Waals surface area contributed by atoms with Crippen LogP contribution in [0.5, 0.6) is 0 Å². The molecule has 6 nitrogen and oxygen atoms in total. The van der Waals surface area contributed by atoms with Gasteiger partial charge in [0, 0.05) is 44.1 Å². The molecule has 1 aliphatic heterocycles. The molecule has 0 aliphatic carbocycles. The normalized spacial score (nSPS) is 16.2. The first-order chi connectivity index (χ1) is 13.7. The summed E-state index contributed by atoms with van der Waals surface area (Å²) < 4.78 is 1.71. The average molecular weight is 375 g/mol. The molecule has 0 saturated carbocycles. The first-order valence-corrected chi connectivity index (χ1v) is 9.63. The molecule has 4 rings (SSSR count). The van der Waals surface area contributed by atoms with Gasteiger partial charge in [-0.05, 0) is 30.0 Å². The van der Waals surface area contributed by atoms with Gasteiger partial charge in [0.25, 0.3) is 0 Å². The number of hydrogen-bond acceptors (Lipinski definition) is 3. The molecule has 1 atom stereocenters. The van der Waals surface area contributed by atoms with Crippen LogP contribution in [0.1, 0.15) is 6.42 Å². The number of benzene rings is 2. The highest BCUT2D eigenvalue weighted by Gasteiger charge is 2.23. The molecule has 1 fully saturated rings. The van der Waals surface area contributed by atoms with E-state index in [1.54, 1.807) is 4.68 Å². The van der Waals surface area contributed by atoms with Gasteiger partial charge >= 0.3 is 6.03 Å². The highest BCUT2D eigenvalue weighted by molar-refractivity contribution is 5.92. The number of carbonyl (C=O) groups excluding carboxylic acids is 1. The van der Waals surface area contributed by atoms with Gasteiger partial charge in [0.1, 0.15) is 0 Å². The fraction of sp³-hybridized carbons (Fsp3) is 0.273. The van der Waals surface area contributed by atoms with Gasteiger partial charge in [0.2, 0.25) is 0 Å². The number of hydrogen-bond donors (Lipinski definition) is 2. The fourth-order valence-electron chi connectivity index (χ4n) is 3.67. The summed E-state index contributed by atoms with van der Waals surface area (Å²) in [5.74, 6) is 1.02. The number of rotatable bonds is 5. The molecule has 1 aliphatic rings. The Labute approximate surface area is 165 Å². The summed E-state index contributed by atoms with van der Waals surface area (Å²) in [5, 5.41) is 10.3. The predicted octanol–water partition coefficient (Wildman–Crippen LogP) is 3.74. The molecular formula is C22H25N5O. The second-order valence-electron chi connectivity index (χ2n) is 7.20. The Kier molecular flexibility index (Phi) is 5.28. The summed E-state index contributed by atoms with van der Waals surface area (Å²) in [7, 11) is 1.85. The predicted molar refractivity (Wildman–Crippen MR) is 112 cm³/mol. The monoisotopic (exact) mass is 375 g/mol. The third-order valence-corrected chi connectivity index (χ3v) is 5.10. The number of amides is 2. The molecule has 28 heavy (non-hydrogen) atoms. The van der Waals surface area contributed by atoms with Crippen molar-refractivity contribution in [1.29, 1.82) is 0 Å². The minimum Gasteiger partial charge on any atom is -0.371 e. The molecule has 0 unspecified atom stereocenters. The quantitative estimate of drug-likeness (QED) is 0.714. The van der Waals surface area contributed by atoms with Gasteiger partial charge in [-0.25, -0.2) is 4.79 Å². The summed E-state index contributed by atoms with van der Waals surface area (Å²) in [5.41, 5.74) is 3.19. The van der Waals surface area contributed by atoms with E-state index in [4.69, 9.17) is 0 Å². The van der Waals surface area contributed by atoms with Crippen molar-refractivity contribution in [3.05, 3.63) is 66.9 Å². The van der Waals surface area contributed by atoms with Crippen molar-refractivity contribution >= 4 is 17.5 Å². The van der Waals surface area contributed by atoms with Crippen molar-refractivity contribution < 1.29 is 4.79 Å². The van der Waals surface area contributed by atoms with Crippen LogP contribution in [-0.2, 0) is 7.05 Å². The number of carbonyl (C=O) groups is 1. The maximum absolute atomic E-state index is 12.4. The summed E-state index contributed by atoms with van der Waals surface area (Å²) in [6.07, 6.45) is 2.99. The van der Waals surface area contributed by atoms with E-state index >= 15 is 0 Å². The van der Waals surface area contributed by atoms with Crippen molar-refractivity contribution in [2.24, 2.45) is 13.0 Å². The van der Waals surface area contributed by atoms with Crippen LogP contribution in [0.3, 0.4) is 0 Å². The minimum atomic E-state index is -0.214. The Morgan fingerprint density at radius 3 is 2.57 bits per heavy atom. The van der Waals surface area contributed by atoms with E-state index in [1.807, 2.05) is 49.6 Å². The van der Waals surface area contributed by atoms with Gasteiger partial charge in [-0.15, -0.1) is 0 Å². The molecule has 3 aromatic rings. The zero-order chi connectivity index (χ0) is 19.3. The van der Waals surface area contributed by atoms with Crippen molar-refractivity contribution in [3.63, 3.8) is 0 Å². The van der Waals surface area contributed by atoms with Crippen LogP contribution in [0.4, 0.5) is 16.3 Å². The smallest absolute Gasteiger partial charge is 0.320 e. The Morgan fingerprint density at radius 1 is 1.11 bits per heavy atom. The van der Waals surface area contributed by atoms with E-state index in [0.29, 0.717) is 18.3 Å². The van der Waals surface area contributed by atoms with Crippen LogP contribution in [0.15, 0.2) is 66.9 Å². The average Bonchev–Trinajstić information content (AvgIpc) is 3.34. The largest absolute Gasteiger partial charge is 0.371 e. The van der Waals surface area contributed by atoms with Crippen molar-refractivity contribution in [2.75, 3.05) is 29.9 Å². The Bertz CT molecular complexity index is 923. The van der Waals surface area contributed by atoms with Gasteiger partial charge in [-0.2, -0.15) is 5.10 Å². The molecule has 0 bridgehead atoms. The maximum atomic E-state index is 12.4. The number of anilines is 2. The zero-order valence-electron chi connectivity index (χ0n) is 16.0. The highest BCUT2D eigenvalue weighted by atomic mass is 16.2. The van der Waals surface area contributed by atoms with Crippen LogP contribution in [0.25, 0.3) is 11.1 Å². The number of aryl methyl sites for hydroxylation is 1. The maximum Gasteiger partial charge on any atom is 0.320 e. The lowest BCUT2D eigenvalue weighted by Gasteiger charge is -2.18. The number of aromatic nitrogens is 2. The van der Waals surface area contributed by atoms with E-state index in [0.717, 1.165) is 30.6 Å². The first-order valence-electron chi connectivity index (χ1n) is 9.63. The third kappa shape index (κ3) is 4.17. The Morgan fingerprint density at radius 2 is 1.82 bits per heavy atom. The minimum absolute atomic E-state index is 0.214. The van der Waals surface area contributed by atoms with Crippen molar-refractivity contribution in [2.45, 2.75) is 6.42 Å². The van der Waals surface area contributed by atoms with Gasteiger partial charge in [0.15, 0.2) is 5.82 Å². The molecule has 1 saturated heterocycles. The van der Waals surface area contributed by atoms with E-state index in [-0.39, 0.29) is 6.03 Å². The first kappa shape index (κ1) is 18.1. The van der Waals surface area contributed by atoms with Crippen LogP contribution in [0.2, 0.25) is 0 Å². The molecule has 0 radical (unpaired) electrons. The zero-order valence-corrected chi connectivity index (χ0v) is 16.0. The van der Waals surface area contributed by atoms with Gasteiger partial charge < -0.3 is 10.2 Å². The number of nitrogens with zero attached hydrogens (tertiary/aromatic N) is 3. The standard InChI is InChI=1S/C22H25N5O/c1-26-16-20(18-8-4-2-5-9-18)21(25-26)24-22(28)23-14-17-12-13-27(15-17)19-10-6-3-7-11-19/h2-11,16-17H,12-15H2,1H3,(H2,23,24,25,28)/t17-/m0/s1. The molecule has 0 spiro atoms. The molecule has 144 valence electrons. The molecule has 6 heteroatoms. The van der Waals surface area contributed by atoms with E-state index in [9.17, 15) is 4.79 Å². The summed E-state index contributed by atoms with van der Waals surface area (Å²) in [6, 6.07) is 20.2. The van der Waals surface area contributed by atoms with E-state index in [1.165, 1.54) is 5.69 Å². The van der Waals surface area contributed by atoms with Crippen LogP contribution in [0, 0.1) is 5.92 Å². The molecular weight excluding hydrogens is 350 g/mol.